The summed E-state index contributed by atoms with van der Waals surface area (Å²) in [6.07, 6.45) is 82.5. The molecule has 0 aliphatic heterocycles. The predicted octanol–water partition coefficient (Wildman–Crippen LogP) is 19.3. The molecule has 0 saturated heterocycles. The number of esters is 2. The van der Waals surface area contributed by atoms with Crippen LogP contribution in [0.2, 0.25) is 0 Å². The van der Waals surface area contributed by atoms with E-state index in [9.17, 15) is 19.0 Å². The van der Waals surface area contributed by atoms with Gasteiger partial charge in [0.2, 0.25) is 0 Å². The third-order valence-electron chi connectivity index (χ3n) is 13.0. The van der Waals surface area contributed by atoms with Gasteiger partial charge in [-0.15, -0.1) is 0 Å². The van der Waals surface area contributed by atoms with Gasteiger partial charge in [0.1, 0.15) is 19.8 Å². The fraction of sp³-hybridized carbons (Fsp3) is 0.676. The van der Waals surface area contributed by atoms with Crippen molar-refractivity contribution < 1.29 is 42.1 Å². The zero-order valence-electron chi connectivity index (χ0n) is 50.6. The summed E-state index contributed by atoms with van der Waals surface area (Å²) < 4.78 is 34.2. The first kappa shape index (κ1) is 74.4. The Balaban J connectivity index is 4.18. The van der Waals surface area contributed by atoms with E-state index in [-0.39, 0.29) is 26.1 Å². The summed E-state index contributed by atoms with van der Waals surface area (Å²) in [5, 5.41) is 0. The van der Waals surface area contributed by atoms with Crippen molar-refractivity contribution in [3.05, 3.63) is 122 Å². The van der Waals surface area contributed by atoms with E-state index in [0.717, 1.165) is 109 Å². The van der Waals surface area contributed by atoms with Crippen LogP contribution in [0.1, 0.15) is 245 Å². The predicted molar refractivity (Wildman–Crippen MR) is 332 cm³/mol. The van der Waals surface area contributed by atoms with Crippen LogP contribution < -0.4 is 4.89 Å². The third kappa shape index (κ3) is 61.6. The van der Waals surface area contributed by atoms with Crippen LogP contribution in [0.15, 0.2) is 122 Å². The molecular formula is C68H116NO8P. The van der Waals surface area contributed by atoms with Gasteiger partial charge in [0.05, 0.1) is 27.7 Å². The van der Waals surface area contributed by atoms with Crippen LogP contribution in [0.25, 0.3) is 0 Å². The molecule has 446 valence electrons. The number of allylic oxidation sites excluding steroid dienone is 20. The van der Waals surface area contributed by atoms with E-state index in [1.807, 2.05) is 21.1 Å². The minimum absolute atomic E-state index is 0.0391. The smallest absolute Gasteiger partial charge is 0.306 e. The molecule has 9 nitrogen and oxygen atoms in total. The van der Waals surface area contributed by atoms with Crippen molar-refractivity contribution in [2.24, 2.45) is 0 Å². The molecule has 0 aromatic rings. The minimum Gasteiger partial charge on any atom is -0.756 e. The van der Waals surface area contributed by atoms with Crippen LogP contribution in [0, 0.1) is 0 Å². The molecule has 0 heterocycles. The van der Waals surface area contributed by atoms with Gasteiger partial charge in [-0.3, -0.25) is 14.2 Å². The Morgan fingerprint density at radius 2 is 0.731 bits per heavy atom. The number of quaternary nitrogens is 1. The van der Waals surface area contributed by atoms with Gasteiger partial charge in [-0.2, -0.15) is 0 Å². The molecule has 0 spiro atoms. The summed E-state index contributed by atoms with van der Waals surface area (Å²) >= 11 is 0. The van der Waals surface area contributed by atoms with E-state index < -0.39 is 32.5 Å². The van der Waals surface area contributed by atoms with Crippen LogP contribution in [-0.2, 0) is 32.7 Å². The maximum atomic E-state index is 12.8. The first-order valence-corrected chi connectivity index (χ1v) is 32.7. The summed E-state index contributed by atoms with van der Waals surface area (Å²) in [5.41, 5.74) is 0. The monoisotopic (exact) mass is 1110 g/mol. The topological polar surface area (TPSA) is 111 Å². The van der Waals surface area contributed by atoms with Crippen LogP contribution in [-0.4, -0.2) is 70.0 Å². The number of hydrogen-bond donors (Lipinski definition) is 0. The van der Waals surface area contributed by atoms with Gasteiger partial charge in [0, 0.05) is 12.8 Å². The molecule has 0 rings (SSSR count). The zero-order valence-corrected chi connectivity index (χ0v) is 51.5. The van der Waals surface area contributed by atoms with Crippen molar-refractivity contribution >= 4 is 19.8 Å². The number of carbonyl (C=O) groups excluding carboxylic acids is 2. The Morgan fingerprint density at radius 3 is 1.10 bits per heavy atom. The summed E-state index contributed by atoms with van der Waals surface area (Å²) in [7, 11) is 1.14. The highest BCUT2D eigenvalue weighted by atomic mass is 31.2. The Bertz CT molecular complexity index is 1730. The van der Waals surface area contributed by atoms with E-state index in [4.69, 9.17) is 18.5 Å². The number of likely N-dealkylation sites (N-methyl/N-ethyl adjacent to an activating group) is 1. The second-order valence-electron chi connectivity index (χ2n) is 21.7. The summed E-state index contributed by atoms with van der Waals surface area (Å²) in [6.45, 7) is 4.10. The fourth-order valence-corrected chi connectivity index (χ4v) is 8.90. The highest BCUT2D eigenvalue weighted by molar-refractivity contribution is 7.45. The normalized spacial score (nSPS) is 14.1. The Hall–Kier alpha value is -3.59. The Morgan fingerprint density at radius 1 is 0.410 bits per heavy atom. The van der Waals surface area contributed by atoms with Gasteiger partial charge in [-0.1, -0.05) is 245 Å². The summed E-state index contributed by atoms with van der Waals surface area (Å²) in [4.78, 5) is 37.9. The highest BCUT2D eigenvalue weighted by Gasteiger charge is 2.22. The molecule has 0 N–H and O–H groups in total. The maximum Gasteiger partial charge on any atom is 0.306 e. The van der Waals surface area contributed by atoms with Gasteiger partial charge in [0.25, 0.3) is 7.82 Å². The van der Waals surface area contributed by atoms with E-state index in [0.29, 0.717) is 17.4 Å². The molecule has 0 aliphatic carbocycles. The van der Waals surface area contributed by atoms with Crippen molar-refractivity contribution in [2.75, 3.05) is 47.5 Å². The Labute approximate surface area is 479 Å². The second-order valence-corrected chi connectivity index (χ2v) is 23.1. The van der Waals surface area contributed by atoms with Crippen molar-refractivity contribution in [3.8, 4) is 0 Å². The van der Waals surface area contributed by atoms with Gasteiger partial charge in [-0.25, -0.2) is 0 Å². The van der Waals surface area contributed by atoms with E-state index in [2.05, 4.69) is 135 Å². The standard InChI is InChI=1S/C68H116NO8P/c1-6-8-10-12-14-16-18-20-22-24-26-27-28-29-30-31-32-33-34-35-36-37-38-39-40-41-43-45-47-49-51-53-55-57-59-61-68(71)77-66(65-76-78(72,73)75-63-62-69(3,4)5)64-74-67(70)60-58-56-54-52-50-48-46-44-42-25-23-21-19-17-15-13-11-9-7-2/h8,10,14,16,20-23,26-27,29-30,32-33,35-36,38-39,41,43,66H,6-7,9,11-13,15,17-19,24-25,28,31,34,37,40,42,44-65H2,1-5H3/b10-8-,16-14-,22-20-,23-21-,27-26-,30-29-,33-32-,36-35-,39-38-,43-41-. The molecule has 0 fully saturated rings. The largest absolute Gasteiger partial charge is 0.756 e. The molecule has 0 aliphatic rings. The number of phosphoric acid groups is 1. The molecule has 2 atom stereocenters. The molecule has 0 radical (unpaired) electrons. The van der Waals surface area contributed by atoms with Crippen LogP contribution in [0.3, 0.4) is 0 Å². The molecule has 0 saturated carbocycles. The molecule has 0 bridgehead atoms. The van der Waals surface area contributed by atoms with Gasteiger partial charge in [-0.05, 0) is 109 Å². The first-order chi connectivity index (χ1) is 38.0. The quantitative estimate of drug-likeness (QED) is 0.0195. The summed E-state index contributed by atoms with van der Waals surface area (Å²) in [6, 6.07) is 0. The number of rotatable bonds is 56. The lowest BCUT2D eigenvalue weighted by atomic mass is 10.1. The number of phosphoric ester groups is 1. The fourth-order valence-electron chi connectivity index (χ4n) is 8.17. The first-order valence-electron chi connectivity index (χ1n) is 31.2. The van der Waals surface area contributed by atoms with Crippen LogP contribution >= 0.6 is 7.82 Å². The van der Waals surface area contributed by atoms with E-state index in [1.165, 1.54) is 103 Å². The van der Waals surface area contributed by atoms with Gasteiger partial charge < -0.3 is 27.9 Å². The number of hydrogen-bond acceptors (Lipinski definition) is 8. The van der Waals surface area contributed by atoms with Crippen molar-refractivity contribution in [1.29, 1.82) is 0 Å². The average Bonchev–Trinajstić information content (AvgIpc) is 3.41. The maximum absolute atomic E-state index is 12.8. The molecule has 10 heteroatoms. The average molecular weight is 1110 g/mol. The van der Waals surface area contributed by atoms with Crippen molar-refractivity contribution in [2.45, 2.75) is 251 Å². The van der Waals surface area contributed by atoms with E-state index >= 15 is 0 Å². The third-order valence-corrected chi connectivity index (χ3v) is 13.9. The van der Waals surface area contributed by atoms with Crippen LogP contribution in [0.4, 0.5) is 0 Å². The minimum atomic E-state index is -4.65. The SMILES string of the molecule is CC/C=C\C/C=C\C/C=C\C/C=C\C/C=C\C/C=C\C/C=C\C/C=C\C/C=C\CCCCCCCCCC(=O)OC(COC(=O)CCCCCCCCCCC/C=C\CCCCCCCC)COP(=O)([O-])OCC[N+](C)(C)C. The number of carbonyl (C=O) groups is 2. The lowest BCUT2D eigenvalue weighted by Gasteiger charge is -2.28. The van der Waals surface area contributed by atoms with Gasteiger partial charge in [0.15, 0.2) is 6.10 Å². The molecule has 2 unspecified atom stereocenters. The summed E-state index contributed by atoms with van der Waals surface area (Å²) in [5.74, 6) is -0.852. The molecule has 78 heavy (non-hydrogen) atoms. The van der Waals surface area contributed by atoms with Crippen molar-refractivity contribution in [1.82, 2.24) is 0 Å². The number of unbranched alkanes of at least 4 members (excludes halogenated alkanes) is 22. The van der Waals surface area contributed by atoms with Crippen LogP contribution in [0.5, 0.6) is 0 Å². The second kappa shape index (κ2) is 58.1. The van der Waals surface area contributed by atoms with Gasteiger partial charge >= 0.3 is 11.9 Å². The molecule has 0 aromatic heterocycles. The number of nitrogens with zero attached hydrogens (tertiary/aromatic N) is 1. The lowest BCUT2D eigenvalue weighted by Crippen LogP contribution is -2.37. The zero-order chi connectivity index (χ0) is 57.0. The number of ether oxygens (including phenoxy) is 2. The lowest BCUT2D eigenvalue weighted by molar-refractivity contribution is -0.870. The van der Waals surface area contributed by atoms with Crippen molar-refractivity contribution in [3.63, 3.8) is 0 Å². The molecule has 0 amide bonds. The molecular weight excluding hydrogens is 990 g/mol. The molecule has 0 aromatic carbocycles. The van der Waals surface area contributed by atoms with E-state index in [1.54, 1.807) is 0 Å². The highest BCUT2D eigenvalue weighted by Crippen LogP contribution is 2.38. The Kier molecular flexibility index (Phi) is 55.4.